The van der Waals surface area contributed by atoms with Gasteiger partial charge in [-0.05, 0) is 61.6 Å². The fourth-order valence-corrected chi connectivity index (χ4v) is 4.65. The normalized spacial score (nSPS) is 18.1. The Kier molecular flexibility index (Phi) is 4.33. The number of hydrogen-bond acceptors (Lipinski definition) is 2. The van der Waals surface area contributed by atoms with Crippen molar-refractivity contribution in [3.05, 3.63) is 82.7 Å². The van der Waals surface area contributed by atoms with Crippen LogP contribution in [0.5, 0.6) is 0 Å². The first-order valence-electron chi connectivity index (χ1n) is 10.3. The van der Waals surface area contributed by atoms with Crippen molar-refractivity contribution >= 4 is 16.6 Å². The third-order valence-electron chi connectivity index (χ3n) is 6.90. The van der Waals surface area contributed by atoms with E-state index in [1.165, 1.54) is 38.9 Å². The first-order chi connectivity index (χ1) is 13.3. The van der Waals surface area contributed by atoms with Gasteiger partial charge in [0.25, 0.3) is 0 Å². The molecule has 2 aliphatic rings. The molecule has 1 atom stereocenters. The molecule has 1 aromatic heterocycles. The van der Waals surface area contributed by atoms with E-state index in [1.54, 1.807) is 0 Å². The Morgan fingerprint density at radius 2 is 2.04 bits per heavy atom. The van der Waals surface area contributed by atoms with Gasteiger partial charge in [0.15, 0.2) is 0 Å². The molecule has 1 aromatic carbocycles. The molecule has 2 nitrogen and oxygen atoms in total. The molecule has 2 aliphatic heterocycles. The minimum absolute atomic E-state index is 0.0520. The zero-order valence-electron chi connectivity index (χ0n) is 17.8. The minimum atomic E-state index is -0.0520. The Balaban J connectivity index is 1.96. The van der Waals surface area contributed by atoms with Crippen LogP contribution in [0.15, 0.2) is 65.9 Å². The lowest BCUT2D eigenvalue weighted by atomic mass is 9.70. The first kappa shape index (κ1) is 18.7. The third-order valence-corrected chi connectivity index (χ3v) is 6.90. The van der Waals surface area contributed by atoms with Gasteiger partial charge in [-0.1, -0.05) is 51.6 Å². The molecule has 0 N–H and O–H groups in total. The van der Waals surface area contributed by atoms with Crippen molar-refractivity contribution in [2.24, 2.45) is 5.41 Å². The topological polar surface area (TPSA) is 16.1 Å². The van der Waals surface area contributed by atoms with Gasteiger partial charge in [-0.25, -0.2) is 4.98 Å². The summed E-state index contributed by atoms with van der Waals surface area (Å²) in [5.41, 5.74) is 10.9. The summed E-state index contributed by atoms with van der Waals surface area (Å²) in [6, 6.07) is 8.68. The van der Waals surface area contributed by atoms with E-state index in [-0.39, 0.29) is 5.41 Å². The fourth-order valence-electron chi connectivity index (χ4n) is 4.65. The molecule has 0 amide bonds. The predicted molar refractivity (Wildman–Crippen MR) is 120 cm³/mol. The molecule has 0 aliphatic carbocycles. The van der Waals surface area contributed by atoms with Gasteiger partial charge in [-0.2, -0.15) is 0 Å². The van der Waals surface area contributed by atoms with Gasteiger partial charge in [0.1, 0.15) is 0 Å². The van der Waals surface area contributed by atoms with Crippen LogP contribution in [-0.4, -0.2) is 9.88 Å². The van der Waals surface area contributed by atoms with Crippen molar-refractivity contribution in [3.63, 3.8) is 0 Å². The van der Waals surface area contributed by atoms with Gasteiger partial charge >= 0.3 is 0 Å². The Morgan fingerprint density at radius 1 is 1.29 bits per heavy atom. The number of hydrogen-bond donors (Lipinski definition) is 0. The van der Waals surface area contributed by atoms with Crippen LogP contribution in [-0.2, 0) is 6.54 Å². The minimum Gasteiger partial charge on any atom is -0.335 e. The highest BCUT2D eigenvalue weighted by Crippen LogP contribution is 2.49. The standard InChI is InChI=1S/C26H30N2/c1-8-20-18(6)28-15-19-13-21-17(5)11-10-12-23(21)27-25(19)24(28)14-22(20)26(7,9-2)16(3)4/h10-14H,3,6,8-9,15H2,1-2,4-5,7H3/t26-/m0/s1. The maximum absolute atomic E-state index is 5.08. The molecule has 0 fully saturated rings. The number of benzene rings is 1. The van der Waals surface area contributed by atoms with E-state index in [1.807, 2.05) is 0 Å². The molecular weight excluding hydrogens is 340 g/mol. The number of aryl methyl sites for hydroxylation is 1. The van der Waals surface area contributed by atoms with E-state index in [4.69, 9.17) is 4.98 Å². The van der Waals surface area contributed by atoms with E-state index in [0.29, 0.717) is 0 Å². The lowest BCUT2D eigenvalue weighted by Crippen LogP contribution is -2.27. The van der Waals surface area contributed by atoms with Gasteiger partial charge in [0, 0.05) is 22.1 Å². The second-order valence-electron chi connectivity index (χ2n) is 8.41. The Hall–Kier alpha value is -2.61. The largest absolute Gasteiger partial charge is 0.335 e. The van der Waals surface area contributed by atoms with E-state index in [0.717, 1.165) is 36.3 Å². The molecule has 144 valence electrons. The highest BCUT2D eigenvalue weighted by Gasteiger charge is 2.38. The molecular formula is C26H30N2. The zero-order chi connectivity index (χ0) is 20.2. The molecule has 0 unspecified atom stereocenters. The monoisotopic (exact) mass is 370 g/mol. The maximum Gasteiger partial charge on any atom is 0.0924 e. The number of pyridine rings is 1. The molecule has 3 heterocycles. The van der Waals surface area contributed by atoms with Crippen LogP contribution in [0.2, 0.25) is 0 Å². The Bertz CT molecular complexity index is 1080. The summed E-state index contributed by atoms with van der Waals surface area (Å²) in [4.78, 5) is 7.43. The lowest BCUT2D eigenvalue weighted by Gasteiger charge is -2.38. The number of rotatable bonds is 4. The molecule has 0 spiro atoms. The first-order valence-corrected chi connectivity index (χ1v) is 10.3. The van der Waals surface area contributed by atoms with Crippen molar-refractivity contribution < 1.29 is 0 Å². The van der Waals surface area contributed by atoms with Crippen LogP contribution < -0.4 is 0 Å². The number of allylic oxidation sites excluding steroid dienone is 4. The highest BCUT2D eigenvalue weighted by molar-refractivity contribution is 5.87. The van der Waals surface area contributed by atoms with Crippen molar-refractivity contribution in [1.82, 2.24) is 9.88 Å². The molecule has 0 radical (unpaired) electrons. The van der Waals surface area contributed by atoms with Gasteiger partial charge in [0.05, 0.1) is 23.5 Å². The summed E-state index contributed by atoms with van der Waals surface area (Å²) >= 11 is 0. The predicted octanol–water partition coefficient (Wildman–Crippen LogP) is 6.93. The van der Waals surface area contributed by atoms with Crippen LogP contribution in [0.3, 0.4) is 0 Å². The van der Waals surface area contributed by atoms with Crippen LogP contribution >= 0.6 is 0 Å². The zero-order valence-corrected chi connectivity index (χ0v) is 17.8. The van der Waals surface area contributed by atoms with Gasteiger partial charge in [-0.15, -0.1) is 0 Å². The maximum atomic E-state index is 5.08. The second-order valence-corrected chi connectivity index (χ2v) is 8.41. The third kappa shape index (κ3) is 2.51. The number of fused-ring (bicyclic) bond motifs is 4. The second kappa shape index (κ2) is 6.48. The fraction of sp³-hybridized carbons (Fsp3) is 0.346. The average Bonchev–Trinajstić information content (AvgIpc) is 3.04. The van der Waals surface area contributed by atoms with Crippen LogP contribution in [0.4, 0.5) is 0 Å². The van der Waals surface area contributed by atoms with Crippen LogP contribution in [0, 0.1) is 12.3 Å². The number of aromatic nitrogens is 1. The molecule has 28 heavy (non-hydrogen) atoms. The summed E-state index contributed by atoms with van der Waals surface area (Å²) in [5, 5.41) is 1.25. The smallest absolute Gasteiger partial charge is 0.0924 e. The van der Waals surface area contributed by atoms with Crippen molar-refractivity contribution in [2.75, 3.05) is 0 Å². The quantitative estimate of drug-likeness (QED) is 0.543. The molecule has 0 saturated heterocycles. The lowest BCUT2D eigenvalue weighted by molar-refractivity contribution is 0.447. The van der Waals surface area contributed by atoms with E-state index in [9.17, 15) is 0 Å². The Labute approximate surface area is 169 Å². The van der Waals surface area contributed by atoms with Gasteiger partial charge in [-0.3, -0.25) is 0 Å². The van der Waals surface area contributed by atoms with Gasteiger partial charge < -0.3 is 4.90 Å². The van der Waals surface area contributed by atoms with Crippen molar-refractivity contribution in [1.29, 1.82) is 0 Å². The van der Waals surface area contributed by atoms with E-state index >= 15 is 0 Å². The summed E-state index contributed by atoms with van der Waals surface area (Å²) in [7, 11) is 0. The molecule has 2 aromatic rings. The SMILES string of the molecule is C=C1C(CC)=C([C@@](C)(CC)C(=C)C)C=C2c3nc4cccc(C)c4cc3CN12. The van der Waals surface area contributed by atoms with E-state index in [2.05, 4.69) is 83.0 Å². The van der Waals surface area contributed by atoms with Crippen LogP contribution in [0.25, 0.3) is 16.6 Å². The van der Waals surface area contributed by atoms with Crippen molar-refractivity contribution in [2.45, 2.75) is 54.0 Å². The summed E-state index contributed by atoms with van der Waals surface area (Å²) in [5.74, 6) is 0. The molecule has 0 saturated carbocycles. The average molecular weight is 371 g/mol. The summed E-state index contributed by atoms with van der Waals surface area (Å²) < 4.78 is 0. The van der Waals surface area contributed by atoms with E-state index < -0.39 is 0 Å². The van der Waals surface area contributed by atoms with Gasteiger partial charge in [0.2, 0.25) is 0 Å². The number of nitrogens with zero attached hydrogens (tertiary/aromatic N) is 2. The molecule has 4 rings (SSSR count). The Morgan fingerprint density at radius 3 is 2.68 bits per heavy atom. The summed E-state index contributed by atoms with van der Waals surface area (Å²) in [6.07, 6.45) is 4.36. The highest BCUT2D eigenvalue weighted by atomic mass is 15.2. The molecule has 0 bridgehead atoms. The summed E-state index contributed by atoms with van der Waals surface area (Å²) in [6.45, 7) is 20.8. The molecule has 2 heteroatoms. The van der Waals surface area contributed by atoms with Crippen LogP contribution in [0.1, 0.15) is 57.4 Å². The van der Waals surface area contributed by atoms with Crippen molar-refractivity contribution in [3.8, 4) is 0 Å².